The van der Waals surface area contributed by atoms with Crippen LogP contribution >= 0.6 is 0 Å². The highest BCUT2D eigenvalue weighted by molar-refractivity contribution is 5.87. The van der Waals surface area contributed by atoms with Gasteiger partial charge in [0.25, 0.3) is 0 Å². The Morgan fingerprint density at radius 2 is 1.55 bits per heavy atom. The Bertz CT molecular complexity index is 978. The number of rotatable bonds is 6. The van der Waals surface area contributed by atoms with Gasteiger partial charge in [0.05, 0.1) is 5.41 Å². The zero-order valence-corrected chi connectivity index (χ0v) is 18.8. The van der Waals surface area contributed by atoms with Crippen LogP contribution in [0.1, 0.15) is 53.2 Å². The van der Waals surface area contributed by atoms with Crippen LogP contribution in [0, 0.1) is 11.2 Å². The Kier molecular flexibility index (Phi) is 7.06. The van der Waals surface area contributed by atoms with Crippen molar-refractivity contribution in [3.05, 3.63) is 66.0 Å². The number of carbonyl (C=O) groups excluding carboxylic acids is 2. The lowest BCUT2D eigenvalue weighted by Gasteiger charge is -2.29. The van der Waals surface area contributed by atoms with E-state index < -0.39 is 28.9 Å². The number of carbonyl (C=O) groups is 2. The van der Waals surface area contributed by atoms with Crippen molar-refractivity contribution in [3.63, 3.8) is 0 Å². The summed E-state index contributed by atoms with van der Waals surface area (Å²) in [5.74, 6) is -1.29. The van der Waals surface area contributed by atoms with E-state index in [1.54, 1.807) is 51.1 Å². The first kappa shape index (κ1) is 24.3. The number of hydrogen-bond acceptors (Lipinski definition) is 5. The lowest BCUT2D eigenvalue weighted by molar-refractivity contribution is -0.158. The normalized spacial score (nSPS) is 12.8. The molecule has 0 spiro atoms. The fourth-order valence-corrected chi connectivity index (χ4v) is 2.69. The summed E-state index contributed by atoms with van der Waals surface area (Å²) >= 11 is 0. The van der Waals surface area contributed by atoms with Crippen LogP contribution in [0.3, 0.4) is 0 Å². The molecule has 5 nitrogen and oxygen atoms in total. The summed E-state index contributed by atoms with van der Waals surface area (Å²) in [6, 6.07) is 11.2. The molecule has 0 saturated carbocycles. The van der Waals surface area contributed by atoms with Gasteiger partial charge in [-0.3, -0.25) is 4.79 Å². The molecule has 0 bridgehead atoms. The third-order valence-corrected chi connectivity index (χ3v) is 4.51. The number of esters is 2. The molecule has 1 unspecified atom stereocenters. The molecule has 0 aliphatic rings. The highest BCUT2D eigenvalue weighted by atomic mass is 19.1. The molecule has 0 aliphatic heterocycles. The van der Waals surface area contributed by atoms with Crippen molar-refractivity contribution >= 4 is 11.9 Å². The SMILES string of the molecule is C=C(C)C(=O)OC(c1ccc(-c2ccc(OC(=O)C(C)(C)C)cc2)cc1F)C(C)(C)O. The molecule has 0 aliphatic carbocycles. The van der Waals surface area contributed by atoms with Crippen molar-refractivity contribution in [2.45, 2.75) is 53.2 Å². The Balaban J connectivity index is 2.29. The van der Waals surface area contributed by atoms with Crippen molar-refractivity contribution in [1.29, 1.82) is 0 Å². The summed E-state index contributed by atoms with van der Waals surface area (Å²) in [5.41, 5.74) is -0.635. The molecule has 2 aromatic carbocycles. The van der Waals surface area contributed by atoms with Crippen LogP contribution in [-0.2, 0) is 14.3 Å². The van der Waals surface area contributed by atoms with Gasteiger partial charge in [-0.2, -0.15) is 0 Å². The molecule has 0 radical (unpaired) electrons. The fourth-order valence-electron chi connectivity index (χ4n) is 2.69. The second-order valence-corrected chi connectivity index (χ2v) is 9.12. The van der Waals surface area contributed by atoms with Crippen molar-refractivity contribution < 1.29 is 28.6 Å². The number of ether oxygens (including phenoxy) is 2. The summed E-state index contributed by atoms with van der Waals surface area (Å²) in [6.45, 7) is 13.2. The minimum absolute atomic E-state index is 0.0570. The molecule has 6 heteroatoms. The maximum atomic E-state index is 15.0. The van der Waals surface area contributed by atoms with Crippen LogP contribution in [-0.4, -0.2) is 22.6 Å². The second-order valence-electron chi connectivity index (χ2n) is 9.12. The maximum absolute atomic E-state index is 15.0. The standard InChI is InChI=1S/C25H29FO5/c1-15(2)22(27)31-21(25(6,7)29)19-13-10-17(14-20(19)26)16-8-11-18(12-9-16)30-23(28)24(3,4)5/h8-14,21,29H,1H2,2-7H3. The van der Waals surface area contributed by atoms with Crippen molar-refractivity contribution in [2.24, 2.45) is 5.41 Å². The number of halogens is 1. The van der Waals surface area contributed by atoms with Gasteiger partial charge in [-0.15, -0.1) is 0 Å². The molecule has 1 atom stereocenters. The minimum Gasteiger partial charge on any atom is -0.451 e. The summed E-state index contributed by atoms with van der Waals surface area (Å²) < 4.78 is 25.6. The molecule has 0 saturated heterocycles. The second kappa shape index (κ2) is 9.02. The van der Waals surface area contributed by atoms with Crippen molar-refractivity contribution in [3.8, 4) is 16.9 Å². The molecule has 0 fully saturated rings. The first-order valence-electron chi connectivity index (χ1n) is 9.91. The van der Waals surface area contributed by atoms with E-state index in [1.165, 1.54) is 32.9 Å². The summed E-state index contributed by atoms with van der Waals surface area (Å²) in [4.78, 5) is 24.0. The average molecular weight is 429 g/mol. The minimum atomic E-state index is -1.51. The van der Waals surface area contributed by atoms with E-state index in [-0.39, 0.29) is 17.1 Å². The lowest BCUT2D eigenvalue weighted by atomic mass is 9.92. The molecule has 2 aromatic rings. The largest absolute Gasteiger partial charge is 0.451 e. The molecule has 0 amide bonds. The number of hydrogen-bond donors (Lipinski definition) is 1. The number of benzene rings is 2. The van der Waals surface area contributed by atoms with Gasteiger partial charge in [0.1, 0.15) is 17.2 Å². The third kappa shape index (κ3) is 6.25. The summed E-state index contributed by atoms with van der Waals surface area (Å²) in [7, 11) is 0. The Morgan fingerprint density at radius 1 is 1.00 bits per heavy atom. The molecule has 31 heavy (non-hydrogen) atoms. The average Bonchev–Trinajstić information content (AvgIpc) is 2.65. The van der Waals surface area contributed by atoms with E-state index in [4.69, 9.17) is 9.47 Å². The maximum Gasteiger partial charge on any atom is 0.333 e. The topological polar surface area (TPSA) is 72.8 Å². The predicted octanol–water partition coefficient (Wildman–Crippen LogP) is 5.38. The molecule has 1 N–H and O–H groups in total. The molecule has 0 heterocycles. The quantitative estimate of drug-likeness (QED) is 0.380. The van der Waals surface area contributed by atoms with E-state index in [0.29, 0.717) is 16.9 Å². The van der Waals surface area contributed by atoms with E-state index in [2.05, 4.69) is 6.58 Å². The fraction of sp³-hybridized carbons (Fsp3) is 0.360. The van der Waals surface area contributed by atoms with Gasteiger partial charge in [-0.05, 0) is 70.9 Å². The van der Waals surface area contributed by atoms with Crippen LogP contribution in [0.25, 0.3) is 11.1 Å². The third-order valence-electron chi connectivity index (χ3n) is 4.51. The van der Waals surface area contributed by atoms with Crippen LogP contribution in [0.15, 0.2) is 54.6 Å². The first-order chi connectivity index (χ1) is 14.2. The molecule has 2 rings (SSSR count). The highest BCUT2D eigenvalue weighted by Gasteiger charge is 2.34. The monoisotopic (exact) mass is 428 g/mol. The van der Waals surface area contributed by atoms with Gasteiger partial charge in [0, 0.05) is 11.1 Å². The van der Waals surface area contributed by atoms with E-state index >= 15 is 0 Å². The van der Waals surface area contributed by atoms with Crippen LogP contribution in [0.2, 0.25) is 0 Å². The van der Waals surface area contributed by atoms with Gasteiger partial charge in [-0.1, -0.05) is 30.8 Å². The Hall–Kier alpha value is -2.99. The van der Waals surface area contributed by atoms with Crippen LogP contribution in [0.4, 0.5) is 4.39 Å². The van der Waals surface area contributed by atoms with E-state index in [1.807, 2.05) is 0 Å². The number of aliphatic hydroxyl groups is 1. The van der Waals surface area contributed by atoms with Crippen LogP contribution in [0.5, 0.6) is 5.75 Å². The molecule has 0 aromatic heterocycles. The van der Waals surface area contributed by atoms with E-state index in [0.717, 1.165) is 0 Å². The Labute approximate surface area is 182 Å². The molecular formula is C25H29FO5. The van der Waals surface area contributed by atoms with Gasteiger partial charge in [0.15, 0.2) is 6.10 Å². The zero-order valence-electron chi connectivity index (χ0n) is 18.8. The molecule has 166 valence electrons. The van der Waals surface area contributed by atoms with Gasteiger partial charge in [0.2, 0.25) is 0 Å². The lowest BCUT2D eigenvalue weighted by Crippen LogP contribution is -2.33. The van der Waals surface area contributed by atoms with Crippen molar-refractivity contribution in [1.82, 2.24) is 0 Å². The van der Waals surface area contributed by atoms with Gasteiger partial charge >= 0.3 is 11.9 Å². The smallest absolute Gasteiger partial charge is 0.333 e. The van der Waals surface area contributed by atoms with E-state index in [9.17, 15) is 19.1 Å². The first-order valence-corrected chi connectivity index (χ1v) is 9.91. The Morgan fingerprint density at radius 3 is 2.00 bits per heavy atom. The molecular weight excluding hydrogens is 399 g/mol. The summed E-state index contributed by atoms with van der Waals surface area (Å²) in [5, 5.41) is 10.4. The van der Waals surface area contributed by atoms with Crippen LogP contribution < -0.4 is 4.74 Å². The van der Waals surface area contributed by atoms with Gasteiger partial charge in [-0.25, -0.2) is 9.18 Å². The zero-order chi connectivity index (χ0) is 23.6. The summed E-state index contributed by atoms with van der Waals surface area (Å²) in [6.07, 6.45) is -1.20. The predicted molar refractivity (Wildman–Crippen MR) is 117 cm³/mol. The van der Waals surface area contributed by atoms with Crippen molar-refractivity contribution in [2.75, 3.05) is 0 Å². The highest BCUT2D eigenvalue weighted by Crippen LogP contribution is 2.34. The van der Waals surface area contributed by atoms with Gasteiger partial charge < -0.3 is 14.6 Å².